The fraction of sp³-hybridized carbons (Fsp3) is 0.357. The van der Waals surface area contributed by atoms with E-state index in [4.69, 9.17) is 4.98 Å². The molecular formula is C28H33N3O. The van der Waals surface area contributed by atoms with E-state index in [0.29, 0.717) is 12.5 Å². The fourth-order valence-corrected chi connectivity index (χ4v) is 4.61. The average Bonchev–Trinajstić information content (AvgIpc) is 2.78. The Morgan fingerprint density at radius 3 is 2.28 bits per heavy atom. The van der Waals surface area contributed by atoms with Gasteiger partial charge in [-0.15, -0.1) is 0 Å². The molecule has 4 rings (SSSR count). The van der Waals surface area contributed by atoms with Crippen molar-refractivity contribution in [2.45, 2.75) is 52.6 Å². The highest BCUT2D eigenvalue weighted by molar-refractivity contribution is 5.95. The number of carbonyl (C=O) groups excluding carboxylic acids is 1. The zero-order chi connectivity index (χ0) is 22.5. The molecule has 1 aromatic heterocycles. The number of benzene rings is 2. The van der Waals surface area contributed by atoms with Crippen molar-refractivity contribution < 1.29 is 4.79 Å². The van der Waals surface area contributed by atoms with Crippen LogP contribution in [0.4, 0.5) is 0 Å². The number of rotatable bonds is 6. The van der Waals surface area contributed by atoms with E-state index in [1.807, 2.05) is 31.2 Å². The molecule has 4 nitrogen and oxygen atoms in total. The summed E-state index contributed by atoms with van der Waals surface area (Å²) >= 11 is 0. The zero-order valence-corrected chi connectivity index (χ0v) is 19.4. The van der Waals surface area contributed by atoms with Crippen molar-refractivity contribution >= 4 is 5.91 Å². The van der Waals surface area contributed by atoms with Crippen molar-refractivity contribution in [2.75, 3.05) is 13.1 Å². The van der Waals surface area contributed by atoms with Crippen LogP contribution in [0.2, 0.25) is 0 Å². The molecule has 4 heteroatoms. The molecule has 1 aliphatic heterocycles. The van der Waals surface area contributed by atoms with E-state index in [0.717, 1.165) is 55.0 Å². The topological polar surface area (TPSA) is 45.2 Å². The molecule has 1 amide bonds. The van der Waals surface area contributed by atoms with Gasteiger partial charge in [-0.1, -0.05) is 59.7 Å². The predicted molar refractivity (Wildman–Crippen MR) is 130 cm³/mol. The van der Waals surface area contributed by atoms with Gasteiger partial charge >= 0.3 is 0 Å². The average molecular weight is 428 g/mol. The van der Waals surface area contributed by atoms with Crippen LogP contribution in [0.5, 0.6) is 0 Å². The Labute approximate surface area is 191 Å². The molecule has 0 aliphatic carbocycles. The van der Waals surface area contributed by atoms with E-state index in [2.05, 4.69) is 60.5 Å². The second kappa shape index (κ2) is 10.1. The third-order valence-corrected chi connectivity index (χ3v) is 6.31. The first-order chi connectivity index (χ1) is 15.5. The van der Waals surface area contributed by atoms with Crippen LogP contribution >= 0.6 is 0 Å². The number of aromatic nitrogens is 1. The van der Waals surface area contributed by atoms with Gasteiger partial charge in [0.1, 0.15) is 0 Å². The monoisotopic (exact) mass is 427 g/mol. The summed E-state index contributed by atoms with van der Waals surface area (Å²) in [6.07, 6.45) is 2.06. The molecule has 1 aliphatic rings. The van der Waals surface area contributed by atoms with Crippen molar-refractivity contribution in [3.63, 3.8) is 0 Å². The first-order valence-electron chi connectivity index (χ1n) is 11.6. The number of carbonyl (C=O) groups is 1. The molecule has 166 valence electrons. The zero-order valence-electron chi connectivity index (χ0n) is 19.4. The molecule has 0 radical (unpaired) electrons. The summed E-state index contributed by atoms with van der Waals surface area (Å²) in [7, 11) is 0. The van der Waals surface area contributed by atoms with E-state index in [1.165, 1.54) is 16.7 Å². The number of likely N-dealkylation sites (tertiary alicyclic amines) is 1. The summed E-state index contributed by atoms with van der Waals surface area (Å²) in [4.78, 5) is 20.4. The summed E-state index contributed by atoms with van der Waals surface area (Å²) in [5, 5.41) is 3.10. The molecule has 1 saturated heterocycles. The second-order valence-electron chi connectivity index (χ2n) is 9.10. The largest absolute Gasteiger partial charge is 0.348 e. The summed E-state index contributed by atoms with van der Waals surface area (Å²) < 4.78 is 0. The highest BCUT2D eigenvalue weighted by Crippen LogP contribution is 2.30. The van der Waals surface area contributed by atoms with E-state index in [1.54, 1.807) is 0 Å². The Balaban J connectivity index is 1.41. The summed E-state index contributed by atoms with van der Waals surface area (Å²) in [6.45, 7) is 9.79. The van der Waals surface area contributed by atoms with Crippen LogP contribution in [0.25, 0.3) is 0 Å². The molecule has 2 aromatic carbocycles. The van der Waals surface area contributed by atoms with Gasteiger partial charge in [0.2, 0.25) is 0 Å². The van der Waals surface area contributed by atoms with Crippen LogP contribution in [0.3, 0.4) is 0 Å². The molecule has 0 spiro atoms. The van der Waals surface area contributed by atoms with Crippen LogP contribution in [0, 0.1) is 20.8 Å². The number of aryl methyl sites for hydroxylation is 3. The van der Waals surface area contributed by atoms with Gasteiger partial charge in [-0.2, -0.15) is 0 Å². The van der Waals surface area contributed by atoms with Crippen molar-refractivity contribution in [3.05, 3.63) is 99.9 Å². The van der Waals surface area contributed by atoms with Gasteiger partial charge in [0.25, 0.3) is 5.91 Å². The quantitative estimate of drug-likeness (QED) is 0.579. The van der Waals surface area contributed by atoms with Crippen LogP contribution in [-0.4, -0.2) is 28.9 Å². The van der Waals surface area contributed by atoms with Gasteiger partial charge in [-0.3, -0.25) is 14.7 Å². The molecular weight excluding hydrogens is 394 g/mol. The highest BCUT2D eigenvalue weighted by atomic mass is 16.1. The number of nitrogens with zero attached hydrogens (tertiary/aromatic N) is 2. The van der Waals surface area contributed by atoms with Gasteiger partial charge in [0.15, 0.2) is 0 Å². The molecule has 1 fully saturated rings. The van der Waals surface area contributed by atoms with E-state index in [-0.39, 0.29) is 5.91 Å². The maximum absolute atomic E-state index is 13.1. The number of nitrogens with one attached hydrogen (secondary N) is 1. The maximum atomic E-state index is 13.1. The number of hydrogen-bond acceptors (Lipinski definition) is 3. The fourth-order valence-electron chi connectivity index (χ4n) is 4.61. The molecule has 3 aromatic rings. The maximum Gasteiger partial charge on any atom is 0.253 e. The number of pyridine rings is 1. The molecule has 0 atom stereocenters. The van der Waals surface area contributed by atoms with Crippen molar-refractivity contribution in [1.29, 1.82) is 0 Å². The Morgan fingerprint density at radius 2 is 1.59 bits per heavy atom. The molecule has 0 unspecified atom stereocenters. The number of hydrogen-bond donors (Lipinski definition) is 1. The molecule has 2 heterocycles. The highest BCUT2D eigenvalue weighted by Gasteiger charge is 2.26. The molecule has 0 saturated carbocycles. The molecule has 32 heavy (non-hydrogen) atoms. The smallest absolute Gasteiger partial charge is 0.253 e. The first kappa shape index (κ1) is 22.2. The van der Waals surface area contributed by atoms with E-state index >= 15 is 0 Å². The van der Waals surface area contributed by atoms with Crippen LogP contribution in [0.15, 0.2) is 60.7 Å². The number of piperidine rings is 1. The van der Waals surface area contributed by atoms with Gasteiger partial charge in [-0.05, 0) is 70.0 Å². The van der Waals surface area contributed by atoms with Gasteiger partial charge in [0.05, 0.1) is 11.3 Å². The van der Waals surface area contributed by atoms with Gasteiger partial charge in [0, 0.05) is 24.7 Å². The lowest BCUT2D eigenvalue weighted by molar-refractivity contribution is 0.0948. The molecule has 0 bridgehead atoms. The minimum absolute atomic E-state index is 0.0313. The Morgan fingerprint density at radius 1 is 0.938 bits per heavy atom. The van der Waals surface area contributed by atoms with E-state index < -0.39 is 0 Å². The Bertz CT molecular complexity index is 1080. The van der Waals surface area contributed by atoms with Crippen molar-refractivity contribution in [2.24, 2.45) is 0 Å². The number of amides is 1. The van der Waals surface area contributed by atoms with Gasteiger partial charge < -0.3 is 5.32 Å². The van der Waals surface area contributed by atoms with Crippen LogP contribution < -0.4 is 5.32 Å². The third-order valence-electron chi connectivity index (χ3n) is 6.31. The molecule has 1 N–H and O–H groups in total. The van der Waals surface area contributed by atoms with Crippen molar-refractivity contribution in [3.8, 4) is 0 Å². The Hall–Kier alpha value is -2.98. The van der Waals surface area contributed by atoms with Crippen molar-refractivity contribution in [1.82, 2.24) is 15.2 Å². The minimum atomic E-state index is -0.0313. The van der Waals surface area contributed by atoms with Crippen LogP contribution in [-0.2, 0) is 13.1 Å². The predicted octanol–water partition coefficient (Wildman–Crippen LogP) is 5.32. The first-order valence-corrected chi connectivity index (χ1v) is 11.6. The lowest BCUT2D eigenvalue weighted by Gasteiger charge is -2.32. The van der Waals surface area contributed by atoms with Crippen LogP contribution in [0.1, 0.15) is 62.8 Å². The summed E-state index contributed by atoms with van der Waals surface area (Å²) in [5.74, 6) is 0.291. The standard InChI is InChI=1S/C28H33N3O/c1-20-6-4-8-23(16-20)18-29-28(32)26-11-10-22(3)30-27(26)25-12-14-31(15-13-25)19-24-9-5-7-21(2)17-24/h4-11,16-17,25H,12-15,18-19H2,1-3H3,(H,29,32). The summed E-state index contributed by atoms with van der Waals surface area (Å²) in [5.41, 5.74) is 7.65. The lowest BCUT2D eigenvalue weighted by atomic mass is 9.89. The summed E-state index contributed by atoms with van der Waals surface area (Å²) in [6, 6.07) is 20.9. The second-order valence-corrected chi connectivity index (χ2v) is 9.10. The third kappa shape index (κ3) is 5.63. The normalized spacial score (nSPS) is 15.0. The minimum Gasteiger partial charge on any atom is -0.348 e. The van der Waals surface area contributed by atoms with Gasteiger partial charge in [-0.25, -0.2) is 0 Å². The van der Waals surface area contributed by atoms with E-state index in [9.17, 15) is 4.79 Å². The lowest BCUT2D eigenvalue weighted by Crippen LogP contribution is -2.34. The Kier molecular flexibility index (Phi) is 7.01. The SMILES string of the molecule is Cc1cccc(CNC(=O)c2ccc(C)nc2C2CCN(Cc3cccc(C)c3)CC2)c1.